The zero-order valence-electron chi connectivity index (χ0n) is 10.4. The van der Waals surface area contributed by atoms with E-state index in [0.29, 0.717) is 11.8 Å². The molecular weight excluding hydrogens is 325 g/mol. The van der Waals surface area contributed by atoms with Crippen LogP contribution in [0.2, 0.25) is 0 Å². The summed E-state index contributed by atoms with van der Waals surface area (Å²) in [5, 5.41) is 5.55. The van der Waals surface area contributed by atoms with Gasteiger partial charge in [-0.05, 0) is 58.0 Å². The monoisotopic (exact) mass is 339 g/mol. The van der Waals surface area contributed by atoms with E-state index in [1.165, 1.54) is 15.4 Å². The van der Waals surface area contributed by atoms with Gasteiger partial charge in [0.1, 0.15) is 5.82 Å². The van der Waals surface area contributed by atoms with E-state index in [4.69, 9.17) is 0 Å². The van der Waals surface area contributed by atoms with E-state index >= 15 is 0 Å². The van der Waals surface area contributed by atoms with Crippen LogP contribution in [0.4, 0.5) is 4.39 Å². The third-order valence-corrected chi connectivity index (χ3v) is 5.74. The molecule has 0 aliphatic carbocycles. The summed E-state index contributed by atoms with van der Waals surface area (Å²) in [5.74, 6) is 0.670. The van der Waals surface area contributed by atoms with Crippen LogP contribution in [0.15, 0.2) is 40.2 Å². The third kappa shape index (κ3) is 2.76. The molecule has 2 heterocycles. The number of rotatable bonds is 2. The molecule has 100 valence electrons. The molecule has 1 fully saturated rings. The highest BCUT2D eigenvalue weighted by Gasteiger charge is 2.29. The van der Waals surface area contributed by atoms with Crippen molar-refractivity contribution in [3.63, 3.8) is 0 Å². The highest BCUT2D eigenvalue weighted by atomic mass is 79.9. The van der Waals surface area contributed by atoms with E-state index in [2.05, 4.69) is 32.7 Å². The zero-order valence-corrected chi connectivity index (χ0v) is 12.8. The zero-order chi connectivity index (χ0) is 13.2. The van der Waals surface area contributed by atoms with Gasteiger partial charge in [-0.15, -0.1) is 11.3 Å². The second-order valence-electron chi connectivity index (χ2n) is 4.89. The first-order valence-corrected chi connectivity index (χ1v) is 8.12. The van der Waals surface area contributed by atoms with Crippen LogP contribution in [0.1, 0.15) is 28.7 Å². The molecule has 1 saturated heterocycles. The quantitative estimate of drug-likeness (QED) is 0.848. The van der Waals surface area contributed by atoms with Crippen molar-refractivity contribution in [2.24, 2.45) is 0 Å². The summed E-state index contributed by atoms with van der Waals surface area (Å²) in [4.78, 5) is 1.38. The van der Waals surface area contributed by atoms with Crippen LogP contribution in [0.25, 0.3) is 0 Å². The molecule has 2 atom stereocenters. The minimum absolute atomic E-state index is 0.146. The van der Waals surface area contributed by atoms with Crippen LogP contribution in [0.5, 0.6) is 0 Å². The maximum atomic E-state index is 13.4. The highest BCUT2D eigenvalue weighted by molar-refractivity contribution is 9.10. The average Bonchev–Trinajstić information content (AvgIpc) is 2.85. The molecule has 1 aromatic carbocycles. The van der Waals surface area contributed by atoms with Crippen molar-refractivity contribution in [1.82, 2.24) is 5.32 Å². The Balaban J connectivity index is 1.96. The van der Waals surface area contributed by atoms with E-state index in [1.54, 1.807) is 23.5 Å². The van der Waals surface area contributed by atoms with Crippen molar-refractivity contribution < 1.29 is 4.39 Å². The van der Waals surface area contributed by atoms with Gasteiger partial charge in [0.25, 0.3) is 0 Å². The van der Waals surface area contributed by atoms with E-state index in [-0.39, 0.29) is 5.82 Å². The van der Waals surface area contributed by atoms with Crippen LogP contribution in [0.3, 0.4) is 0 Å². The molecular formula is C15H15BrFNS. The average molecular weight is 340 g/mol. The maximum Gasteiger partial charge on any atom is 0.123 e. The molecule has 1 aliphatic rings. The normalized spacial score (nSPS) is 23.5. The first-order chi connectivity index (χ1) is 9.25. The Hall–Kier alpha value is -0.710. The number of nitrogens with one attached hydrogen (secondary N) is 1. The molecule has 1 nitrogen and oxygen atoms in total. The topological polar surface area (TPSA) is 12.0 Å². The fourth-order valence-electron chi connectivity index (χ4n) is 2.83. The van der Waals surface area contributed by atoms with Crippen LogP contribution in [-0.4, -0.2) is 13.1 Å². The summed E-state index contributed by atoms with van der Waals surface area (Å²) in [6.07, 6.45) is 1.10. The molecule has 2 aromatic rings. The number of benzene rings is 1. The second-order valence-corrected chi connectivity index (χ2v) is 6.70. The Labute approximate surface area is 125 Å². The largest absolute Gasteiger partial charge is 0.316 e. The molecule has 1 aromatic heterocycles. The van der Waals surface area contributed by atoms with Gasteiger partial charge in [-0.2, -0.15) is 0 Å². The summed E-state index contributed by atoms with van der Waals surface area (Å²) in [6, 6.07) is 9.13. The van der Waals surface area contributed by atoms with Crippen molar-refractivity contribution in [3.05, 3.63) is 56.4 Å². The van der Waals surface area contributed by atoms with Gasteiger partial charge >= 0.3 is 0 Å². The van der Waals surface area contributed by atoms with Crippen molar-refractivity contribution in [2.75, 3.05) is 13.1 Å². The molecule has 4 heteroatoms. The van der Waals surface area contributed by atoms with E-state index < -0.39 is 0 Å². The molecule has 3 rings (SSSR count). The van der Waals surface area contributed by atoms with Crippen molar-refractivity contribution >= 4 is 27.3 Å². The van der Waals surface area contributed by atoms with E-state index in [9.17, 15) is 4.39 Å². The SMILES string of the molecule is Fc1cccc(C2CNCCC2c2sccc2Br)c1. The fourth-order valence-corrected chi connectivity index (χ4v) is 4.70. The number of hydrogen-bond acceptors (Lipinski definition) is 2. The molecule has 0 radical (unpaired) electrons. The Kier molecular flexibility index (Phi) is 4.01. The molecule has 1 aliphatic heterocycles. The lowest BCUT2D eigenvalue weighted by molar-refractivity contribution is 0.406. The summed E-state index contributed by atoms with van der Waals surface area (Å²) in [6.45, 7) is 1.94. The van der Waals surface area contributed by atoms with E-state index in [1.807, 2.05) is 6.07 Å². The first kappa shape index (κ1) is 13.3. The lowest BCUT2D eigenvalue weighted by Gasteiger charge is -2.32. The molecule has 0 saturated carbocycles. The number of hydrogen-bond donors (Lipinski definition) is 1. The van der Waals surface area contributed by atoms with Crippen LogP contribution in [0, 0.1) is 5.82 Å². The number of thiophene rings is 1. The van der Waals surface area contributed by atoms with E-state index in [0.717, 1.165) is 25.1 Å². The van der Waals surface area contributed by atoms with Gasteiger partial charge in [-0.1, -0.05) is 12.1 Å². The van der Waals surface area contributed by atoms with Gasteiger partial charge < -0.3 is 5.32 Å². The Bertz CT molecular complexity index is 569. The fraction of sp³-hybridized carbons (Fsp3) is 0.333. The van der Waals surface area contributed by atoms with Crippen molar-refractivity contribution in [3.8, 4) is 0 Å². The van der Waals surface area contributed by atoms with Gasteiger partial charge in [-0.25, -0.2) is 4.39 Å². The Morgan fingerprint density at radius 1 is 1.26 bits per heavy atom. The summed E-state index contributed by atoms with van der Waals surface area (Å²) < 4.78 is 14.6. The van der Waals surface area contributed by atoms with Crippen LogP contribution in [-0.2, 0) is 0 Å². The summed E-state index contributed by atoms with van der Waals surface area (Å²) in [5.41, 5.74) is 1.09. The number of halogens is 2. The third-order valence-electron chi connectivity index (χ3n) is 3.74. The predicted molar refractivity (Wildman–Crippen MR) is 81.4 cm³/mol. The maximum absolute atomic E-state index is 13.4. The van der Waals surface area contributed by atoms with Crippen LogP contribution < -0.4 is 5.32 Å². The Morgan fingerprint density at radius 2 is 2.16 bits per heavy atom. The Morgan fingerprint density at radius 3 is 2.89 bits per heavy atom. The standard InChI is InChI=1S/C15H15BrFNS/c16-14-5-7-19-15(14)12-4-6-18-9-13(12)10-2-1-3-11(17)8-10/h1-3,5,7-8,12-13,18H,4,6,9H2. The smallest absolute Gasteiger partial charge is 0.123 e. The minimum atomic E-state index is -0.146. The van der Waals surface area contributed by atoms with Gasteiger partial charge in [0.2, 0.25) is 0 Å². The molecule has 2 unspecified atom stereocenters. The van der Waals surface area contributed by atoms with Crippen LogP contribution >= 0.6 is 27.3 Å². The predicted octanol–water partition coefficient (Wildman–Crippen LogP) is 4.51. The first-order valence-electron chi connectivity index (χ1n) is 6.45. The lowest BCUT2D eigenvalue weighted by Crippen LogP contribution is -2.33. The lowest BCUT2D eigenvalue weighted by atomic mass is 9.80. The summed E-state index contributed by atoms with van der Waals surface area (Å²) in [7, 11) is 0. The molecule has 0 spiro atoms. The van der Waals surface area contributed by atoms with Gasteiger partial charge in [0, 0.05) is 27.7 Å². The van der Waals surface area contributed by atoms with Crippen molar-refractivity contribution in [2.45, 2.75) is 18.3 Å². The van der Waals surface area contributed by atoms with Gasteiger partial charge in [-0.3, -0.25) is 0 Å². The molecule has 19 heavy (non-hydrogen) atoms. The number of piperidine rings is 1. The highest BCUT2D eigenvalue weighted by Crippen LogP contribution is 2.42. The molecule has 0 amide bonds. The second kappa shape index (κ2) is 5.73. The van der Waals surface area contributed by atoms with Crippen molar-refractivity contribution in [1.29, 1.82) is 0 Å². The van der Waals surface area contributed by atoms with Gasteiger partial charge in [0.15, 0.2) is 0 Å². The molecule has 0 bridgehead atoms. The molecule has 1 N–H and O–H groups in total. The summed E-state index contributed by atoms with van der Waals surface area (Å²) >= 11 is 5.42. The minimum Gasteiger partial charge on any atom is -0.316 e. The van der Waals surface area contributed by atoms with Gasteiger partial charge in [0.05, 0.1) is 0 Å².